The van der Waals surface area contributed by atoms with E-state index < -0.39 is 6.68 Å². The number of aliphatic imine (C=N–C) groups is 1. The number of fused-ring (bicyclic) bond motifs is 1. The Labute approximate surface area is 246 Å². The number of dihydropyridines is 1. The van der Waals surface area contributed by atoms with Gasteiger partial charge in [-0.3, -0.25) is 0 Å². The predicted octanol–water partition coefficient (Wildman–Crippen LogP) is 8.51. The van der Waals surface area contributed by atoms with E-state index in [2.05, 4.69) is 54.9 Å². The van der Waals surface area contributed by atoms with Gasteiger partial charge in [0.1, 0.15) is 5.84 Å². The Balaban J connectivity index is 0. The van der Waals surface area contributed by atoms with Crippen LogP contribution in [0.3, 0.4) is 0 Å². The fourth-order valence-electron chi connectivity index (χ4n) is 3.71. The van der Waals surface area contributed by atoms with E-state index in [0.29, 0.717) is 0 Å². The van der Waals surface area contributed by atoms with Crippen molar-refractivity contribution in [2.75, 3.05) is 13.7 Å². The minimum Gasteiger partial charge on any atom is -0.392 e. The molecule has 5 nitrogen and oxygen atoms in total. The van der Waals surface area contributed by atoms with Crippen LogP contribution in [0.15, 0.2) is 77.5 Å². The lowest BCUT2D eigenvalue weighted by atomic mass is 9.97. The molecule has 2 aliphatic rings. The number of aryl methyl sites for hydroxylation is 2. The van der Waals surface area contributed by atoms with E-state index in [4.69, 9.17) is 15.8 Å². The summed E-state index contributed by atoms with van der Waals surface area (Å²) in [4.78, 5) is 7.02. The van der Waals surface area contributed by atoms with E-state index in [-0.39, 0.29) is 12.8 Å². The third kappa shape index (κ3) is 13.2. The average Bonchev–Trinajstić information content (AvgIpc) is 2.99. The molecule has 0 bridgehead atoms. The predicted molar refractivity (Wildman–Crippen MR) is 171 cm³/mol. The zero-order valence-electron chi connectivity index (χ0n) is 26.5. The van der Waals surface area contributed by atoms with Crippen LogP contribution in [0.25, 0.3) is 5.70 Å². The molecule has 2 aromatic carbocycles. The van der Waals surface area contributed by atoms with Gasteiger partial charge in [0.2, 0.25) is 0 Å². The molecule has 2 aromatic rings. The normalized spacial score (nSPS) is 14.5. The van der Waals surface area contributed by atoms with Gasteiger partial charge in [-0.15, -0.1) is 0 Å². The van der Waals surface area contributed by atoms with E-state index in [1.807, 2.05) is 86.0 Å². The molecule has 1 atom stereocenters. The summed E-state index contributed by atoms with van der Waals surface area (Å²) in [6, 6.07) is 14.7. The van der Waals surface area contributed by atoms with E-state index in [0.717, 1.165) is 45.9 Å². The number of hydrogen-bond acceptors (Lipinski definition) is 5. The lowest BCUT2D eigenvalue weighted by Gasteiger charge is -2.30. The fraction of sp³-hybridized carbons (Fsp3) is 0.424. The Morgan fingerprint density at radius 1 is 1.02 bits per heavy atom. The minimum absolute atomic E-state index is 0.0271. The molecule has 0 fully saturated rings. The maximum atomic E-state index is 9.67. The Hall–Kier alpha value is -3.36. The van der Waals surface area contributed by atoms with Crippen LogP contribution in [0, 0.1) is 6.92 Å². The molecule has 41 heavy (non-hydrogen) atoms. The summed E-state index contributed by atoms with van der Waals surface area (Å²) in [5, 5.41) is 11.7. The van der Waals surface area contributed by atoms with Gasteiger partial charge in [-0.05, 0) is 43.0 Å². The maximum Gasteiger partial charge on any atom is 0.379 e. The van der Waals surface area contributed by atoms with Crippen LogP contribution >= 0.6 is 0 Å². The molecule has 0 amide bonds. The number of aliphatic hydroxyl groups excluding tert-OH is 1. The first-order valence-corrected chi connectivity index (χ1v) is 14.2. The molecule has 0 aliphatic carbocycles. The second kappa shape index (κ2) is 22.3. The monoisotopic (exact) mass is 576 g/mol. The number of alkyl halides is 3. The molecule has 0 radical (unpaired) electrons. The lowest BCUT2D eigenvalue weighted by molar-refractivity contribution is 0.00819. The standard InChI is InChI=1S/C19H20N2.C7H12N2O.3C2H6.CHF3/c1-5-15-11-13(2)12-17-14(3)21(4)19(20-18(15)17)16-9-7-6-8-10-16;1-5-2-6(4-10)7(8)9-3-5;3*1-2;2-1(3)4/h6-12H,3,5H2,1-2,4H3;2-3,7,9-10H,4,8H2,1H3;3*1-2H3;1H. The molecule has 2 heterocycles. The van der Waals surface area contributed by atoms with Crippen LogP contribution in [0.1, 0.15) is 77.6 Å². The van der Waals surface area contributed by atoms with Gasteiger partial charge in [0, 0.05) is 30.1 Å². The van der Waals surface area contributed by atoms with Crippen molar-refractivity contribution in [1.82, 2.24) is 10.2 Å². The Morgan fingerprint density at radius 2 is 1.56 bits per heavy atom. The first-order chi connectivity index (χ1) is 19.6. The van der Waals surface area contributed by atoms with Gasteiger partial charge in [-0.25, -0.2) is 4.99 Å². The third-order valence-corrected chi connectivity index (χ3v) is 5.48. The number of aliphatic hydroxyl groups is 1. The number of nitrogens with two attached hydrogens (primary N) is 1. The highest BCUT2D eigenvalue weighted by Crippen LogP contribution is 2.37. The summed E-state index contributed by atoms with van der Waals surface area (Å²) in [5.41, 5.74) is 14.4. The number of rotatable bonds is 3. The molecular weight excluding hydrogens is 525 g/mol. The number of halogens is 3. The number of hydrogen-bond donors (Lipinski definition) is 3. The molecule has 230 valence electrons. The van der Waals surface area contributed by atoms with Crippen LogP contribution < -0.4 is 11.1 Å². The highest BCUT2D eigenvalue weighted by Gasteiger charge is 2.23. The number of allylic oxidation sites excluding steroid dienone is 2. The van der Waals surface area contributed by atoms with Crippen LogP contribution in [-0.2, 0) is 6.42 Å². The summed E-state index contributed by atoms with van der Waals surface area (Å²) in [5.74, 6) is 0.964. The minimum atomic E-state index is -3.67. The molecule has 2 aliphatic heterocycles. The molecule has 4 rings (SSSR count). The Kier molecular flexibility index (Phi) is 21.7. The summed E-state index contributed by atoms with van der Waals surface area (Å²) in [6.45, 7) is 18.9. The third-order valence-electron chi connectivity index (χ3n) is 5.48. The summed E-state index contributed by atoms with van der Waals surface area (Å²) >= 11 is 0. The topological polar surface area (TPSA) is 73.9 Å². The number of benzene rings is 2. The molecule has 0 aromatic heterocycles. The molecule has 0 saturated heterocycles. The van der Waals surface area contributed by atoms with Crippen LogP contribution in [-0.4, -0.2) is 42.3 Å². The van der Waals surface area contributed by atoms with Crippen molar-refractivity contribution in [2.24, 2.45) is 10.7 Å². The fourth-order valence-corrected chi connectivity index (χ4v) is 3.71. The van der Waals surface area contributed by atoms with Crippen molar-refractivity contribution in [2.45, 2.75) is 81.6 Å². The molecule has 0 saturated carbocycles. The molecule has 8 heteroatoms. The van der Waals surface area contributed by atoms with Crippen molar-refractivity contribution in [3.63, 3.8) is 0 Å². The van der Waals surface area contributed by atoms with Gasteiger partial charge >= 0.3 is 6.68 Å². The van der Waals surface area contributed by atoms with Gasteiger partial charge in [-0.2, -0.15) is 13.2 Å². The van der Waals surface area contributed by atoms with E-state index in [1.165, 1.54) is 11.1 Å². The smallest absolute Gasteiger partial charge is 0.379 e. The first kappa shape index (κ1) is 39.8. The zero-order valence-corrected chi connectivity index (χ0v) is 26.5. The number of nitrogens with one attached hydrogen (secondary N) is 1. The van der Waals surface area contributed by atoms with Crippen molar-refractivity contribution in [3.05, 3.63) is 94.7 Å². The molecular formula is C33H51F3N4O. The van der Waals surface area contributed by atoms with Crippen molar-refractivity contribution < 1.29 is 18.3 Å². The van der Waals surface area contributed by atoms with Crippen molar-refractivity contribution >= 4 is 17.2 Å². The SMILES string of the molecule is C=C1c2cc(C)cc(CC)c2N=C(c2ccccc2)N1C.CC.CC.CC.CC1=CNC(N)C(CO)=C1.FC(F)F. The lowest BCUT2D eigenvalue weighted by Crippen LogP contribution is -2.38. The Morgan fingerprint density at radius 3 is 2.02 bits per heavy atom. The second-order valence-corrected chi connectivity index (χ2v) is 8.14. The average molecular weight is 577 g/mol. The summed E-state index contributed by atoms with van der Waals surface area (Å²) in [7, 11) is 2.03. The van der Waals surface area contributed by atoms with Crippen LogP contribution in [0.2, 0.25) is 0 Å². The first-order valence-electron chi connectivity index (χ1n) is 14.2. The number of amidine groups is 1. The van der Waals surface area contributed by atoms with Gasteiger partial charge in [0.25, 0.3) is 0 Å². The van der Waals surface area contributed by atoms with E-state index in [9.17, 15) is 13.2 Å². The van der Waals surface area contributed by atoms with Crippen LogP contribution in [0.5, 0.6) is 0 Å². The molecule has 4 N–H and O–H groups in total. The summed E-state index contributed by atoms with van der Waals surface area (Å²) < 4.78 is 29.0. The second-order valence-electron chi connectivity index (χ2n) is 8.14. The highest BCUT2D eigenvalue weighted by molar-refractivity contribution is 6.07. The highest BCUT2D eigenvalue weighted by atomic mass is 19.4. The van der Waals surface area contributed by atoms with Gasteiger partial charge in [-0.1, -0.05) is 103 Å². The molecule has 0 spiro atoms. The van der Waals surface area contributed by atoms with Gasteiger partial charge in [0.05, 0.1) is 18.5 Å². The van der Waals surface area contributed by atoms with E-state index in [1.54, 1.807) is 0 Å². The quantitative estimate of drug-likeness (QED) is 0.342. The van der Waals surface area contributed by atoms with Gasteiger partial charge in [0.15, 0.2) is 0 Å². The largest absolute Gasteiger partial charge is 0.392 e. The van der Waals surface area contributed by atoms with Crippen LogP contribution in [0.4, 0.5) is 18.9 Å². The Bertz CT molecular complexity index is 1110. The molecule has 1 unspecified atom stereocenters. The number of nitrogens with zero attached hydrogens (tertiary/aromatic N) is 2. The summed E-state index contributed by atoms with van der Waals surface area (Å²) in [6.07, 6.45) is 4.49. The van der Waals surface area contributed by atoms with Crippen molar-refractivity contribution in [3.8, 4) is 0 Å². The van der Waals surface area contributed by atoms with E-state index >= 15 is 0 Å². The zero-order chi connectivity index (χ0) is 32.1. The maximum absolute atomic E-state index is 9.67. The van der Waals surface area contributed by atoms with Gasteiger partial charge < -0.3 is 21.1 Å². The van der Waals surface area contributed by atoms with Crippen molar-refractivity contribution in [1.29, 1.82) is 0 Å².